The molecule has 1 heterocycles. The van der Waals surface area contributed by atoms with E-state index in [-0.39, 0.29) is 18.4 Å². The summed E-state index contributed by atoms with van der Waals surface area (Å²) in [6, 6.07) is -0.936. The van der Waals surface area contributed by atoms with Crippen LogP contribution in [0.5, 0.6) is 0 Å². The largest absolute Gasteiger partial charge is 0.458 e. The van der Waals surface area contributed by atoms with E-state index in [4.69, 9.17) is 9.47 Å². The molecule has 0 spiro atoms. The number of aromatic nitrogens is 2. The van der Waals surface area contributed by atoms with Crippen molar-refractivity contribution < 1.29 is 19.1 Å². The Bertz CT molecular complexity index is 655. The molecule has 2 N–H and O–H groups in total. The number of nitrogens with one attached hydrogen (secondary N) is 2. The lowest BCUT2D eigenvalue weighted by atomic mass is 10.1. The van der Waals surface area contributed by atoms with E-state index < -0.39 is 29.3 Å². The zero-order chi connectivity index (χ0) is 19.3. The van der Waals surface area contributed by atoms with E-state index in [1.165, 1.54) is 12.5 Å². The van der Waals surface area contributed by atoms with Crippen LogP contribution >= 0.6 is 0 Å². The molecule has 1 aromatic heterocycles. The van der Waals surface area contributed by atoms with Crippen LogP contribution in [0.4, 0.5) is 4.79 Å². The zero-order valence-electron chi connectivity index (χ0n) is 15.6. The first-order valence-corrected chi connectivity index (χ1v) is 8.11. The number of H-pyrrole nitrogens is 1. The lowest BCUT2D eigenvalue weighted by molar-refractivity contribution is -0.157. The fourth-order valence-corrected chi connectivity index (χ4v) is 1.92. The van der Waals surface area contributed by atoms with Gasteiger partial charge in [-0.25, -0.2) is 14.6 Å². The van der Waals surface area contributed by atoms with Crippen molar-refractivity contribution in [2.24, 2.45) is 0 Å². The molecule has 0 fully saturated rings. The minimum Gasteiger partial charge on any atom is -0.458 e. The van der Waals surface area contributed by atoms with Gasteiger partial charge in [-0.15, -0.1) is 0 Å². The Morgan fingerprint density at radius 2 is 1.76 bits per heavy atom. The standard InChI is InChI=1S/C17H27N3O5/c1-16(2,3)24-14(22)12(20-15(23)25-17(4,5)6)8-7-11-9-18-10-19-13(11)21/h9-10,12H,7-8H2,1-6H3,(H,20,23)(H,18,19,21). The molecule has 0 aliphatic heterocycles. The number of aryl methyl sites for hydroxylation is 1. The number of hydrogen-bond acceptors (Lipinski definition) is 6. The molecular weight excluding hydrogens is 326 g/mol. The second kappa shape index (κ2) is 8.13. The molecule has 0 aliphatic rings. The Morgan fingerprint density at radius 3 is 2.28 bits per heavy atom. The fourth-order valence-electron chi connectivity index (χ4n) is 1.92. The Kier molecular flexibility index (Phi) is 6.72. The Hall–Kier alpha value is -2.38. The summed E-state index contributed by atoms with van der Waals surface area (Å²) in [7, 11) is 0. The van der Waals surface area contributed by atoms with Gasteiger partial charge in [0.1, 0.15) is 17.2 Å². The van der Waals surface area contributed by atoms with Crippen molar-refractivity contribution in [1.82, 2.24) is 15.3 Å². The van der Waals surface area contributed by atoms with E-state index in [2.05, 4.69) is 15.3 Å². The van der Waals surface area contributed by atoms with Crippen molar-refractivity contribution in [3.8, 4) is 0 Å². The molecule has 1 rings (SSSR count). The number of amides is 1. The number of carbonyl (C=O) groups excluding carboxylic acids is 2. The number of aromatic amines is 1. The molecule has 0 aromatic carbocycles. The number of ether oxygens (including phenoxy) is 2. The quantitative estimate of drug-likeness (QED) is 0.783. The van der Waals surface area contributed by atoms with Crippen LogP contribution in [0.2, 0.25) is 0 Å². The van der Waals surface area contributed by atoms with Gasteiger partial charge in [0.05, 0.1) is 6.33 Å². The maximum Gasteiger partial charge on any atom is 0.408 e. The lowest BCUT2D eigenvalue weighted by Gasteiger charge is -2.26. The van der Waals surface area contributed by atoms with Gasteiger partial charge in [-0.3, -0.25) is 4.79 Å². The Labute approximate surface area is 147 Å². The van der Waals surface area contributed by atoms with Crippen LogP contribution in [0.1, 0.15) is 53.5 Å². The predicted octanol–water partition coefficient (Wildman–Crippen LogP) is 1.94. The molecule has 8 nitrogen and oxygen atoms in total. The van der Waals surface area contributed by atoms with Gasteiger partial charge in [-0.05, 0) is 54.4 Å². The summed E-state index contributed by atoms with van der Waals surface area (Å²) < 4.78 is 10.5. The third-order valence-electron chi connectivity index (χ3n) is 2.88. The molecule has 0 bridgehead atoms. The number of nitrogens with zero attached hydrogens (tertiary/aromatic N) is 1. The number of rotatable bonds is 5. The Morgan fingerprint density at radius 1 is 1.16 bits per heavy atom. The minimum absolute atomic E-state index is 0.183. The smallest absolute Gasteiger partial charge is 0.408 e. The summed E-state index contributed by atoms with van der Waals surface area (Å²) in [5.41, 5.74) is -1.25. The van der Waals surface area contributed by atoms with Crippen LogP contribution in [0.3, 0.4) is 0 Å². The molecule has 140 valence electrons. The highest BCUT2D eigenvalue weighted by Gasteiger charge is 2.28. The third kappa shape index (κ3) is 8.32. The van der Waals surface area contributed by atoms with Crippen LogP contribution in [-0.4, -0.2) is 39.3 Å². The van der Waals surface area contributed by atoms with E-state index >= 15 is 0 Å². The monoisotopic (exact) mass is 353 g/mol. The highest BCUT2D eigenvalue weighted by Crippen LogP contribution is 2.12. The van der Waals surface area contributed by atoms with Crippen LogP contribution in [0, 0.1) is 0 Å². The first kappa shape index (κ1) is 20.7. The fraction of sp³-hybridized carbons (Fsp3) is 0.647. The lowest BCUT2D eigenvalue weighted by Crippen LogP contribution is -2.46. The number of esters is 1. The average molecular weight is 353 g/mol. The molecule has 1 aromatic rings. The zero-order valence-corrected chi connectivity index (χ0v) is 15.6. The average Bonchev–Trinajstić information content (AvgIpc) is 2.41. The molecule has 25 heavy (non-hydrogen) atoms. The second-order valence-corrected chi connectivity index (χ2v) is 7.68. The van der Waals surface area contributed by atoms with Crippen molar-refractivity contribution in [3.63, 3.8) is 0 Å². The summed E-state index contributed by atoms with van der Waals surface area (Å²) in [4.78, 5) is 42.4. The highest BCUT2D eigenvalue weighted by molar-refractivity contribution is 5.81. The molecule has 1 amide bonds. The summed E-state index contributed by atoms with van der Waals surface area (Å²) in [6.45, 7) is 10.4. The molecule has 0 saturated carbocycles. The van der Waals surface area contributed by atoms with E-state index in [0.717, 1.165) is 0 Å². The number of hydrogen-bond donors (Lipinski definition) is 2. The van der Waals surface area contributed by atoms with Gasteiger partial charge in [0, 0.05) is 11.8 Å². The highest BCUT2D eigenvalue weighted by atomic mass is 16.6. The maximum absolute atomic E-state index is 12.4. The molecule has 8 heteroatoms. The molecule has 0 aliphatic carbocycles. The molecule has 1 unspecified atom stereocenters. The van der Waals surface area contributed by atoms with E-state index in [0.29, 0.717) is 5.56 Å². The van der Waals surface area contributed by atoms with Gasteiger partial charge in [0.2, 0.25) is 0 Å². The van der Waals surface area contributed by atoms with Crippen molar-refractivity contribution >= 4 is 12.1 Å². The third-order valence-corrected chi connectivity index (χ3v) is 2.88. The van der Waals surface area contributed by atoms with Crippen molar-refractivity contribution in [2.75, 3.05) is 0 Å². The second-order valence-electron chi connectivity index (χ2n) is 7.68. The first-order valence-electron chi connectivity index (χ1n) is 8.11. The number of carbonyl (C=O) groups is 2. The summed E-state index contributed by atoms with van der Waals surface area (Å²) >= 11 is 0. The Balaban J connectivity index is 2.83. The first-order chi connectivity index (χ1) is 11.4. The molecule has 1 atom stereocenters. The van der Waals surface area contributed by atoms with Crippen molar-refractivity contribution in [3.05, 3.63) is 28.4 Å². The summed E-state index contributed by atoms with van der Waals surface area (Å²) in [6.07, 6.45) is 2.43. The van der Waals surface area contributed by atoms with Gasteiger partial charge < -0.3 is 19.8 Å². The van der Waals surface area contributed by atoms with Gasteiger partial charge in [-0.1, -0.05) is 0 Å². The maximum atomic E-state index is 12.4. The molecule has 0 saturated heterocycles. The van der Waals surface area contributed by atoms with Crippen molar-refractivity contribution in [2.45, 2.75) is 71.6 Å². The summed E-state index contributed by atoms with van der Waals surface area (Å²) in [5, 5.41) is 2.52. The van der Waals surface area contributed by atoms with E-state index in [9.17, 15) is 14.4 Å². The summed E-state index contributed by atoms with van der Waals surface area (Å²) in [5.74, 6) is -0.585. The normalized spacial score (nSPS) is 13.0. The predicted molar refractivity (Wildman–Crippen MR) is 92.2 cm³/mol. The van der Waals surface area contributed by atoms with Crippen LogP contribution in [-0.2, 0) is 20.7 Å². The van der Waals surface area contributed by atoms with Gasteiger partial charge >= 0.3 is 12.1 Å². The van der Waals surface area contributed by atoms with E-state index in [1.54, 1.807) is 41.5 Å². The molecule has 0 radical (unpaired) electrons. The SMILES string of the molecule is CC(C)(C)OC(=O)NC(CCc1cnc[nH]c1=O)C(=O)OC(C)(C)C. The van der Waals surface area contributed by atoms with Gasteiger partial charge in [0.25, 0.3) is 5.56 Å². The van der Waals surface area contributed by atoms with Gasteiger partial charge in [-0.2, -0.15) is 0 Å². The van der Waals surface area contributed by atoms with E-state index in [1.807, 2.05) is 0 Å². The van der Waals surface area contributed by atoms with Crippen molar-refractivity contribution in [1.29, 1.82) is 0 Å². The topological polar surface area (TPSA) is 110 Å². The van der Waals surface area contributed by atoms with Crippen LogP contribution in [0.15, 0.2) is 17.3 Å². The van der Waals surface area contributed by atoms with Crippen LogP contribution in [0.25, 0.3) is 0 Å². The van der Waals surface area contributed by atoms with Gasteiger partial charge in [0.15, 0.2) is 0 Å². The van der Waals surface area contributed by atoms with Crippen LogP contribution < -0.4 is 10.9 Å². The number of alkyl carbamates (subject to hydrolysis) is 1. The minimum atomic E-state index is -0.936. The molecular formula is C17H27N3O5.